The van der Waals surface area contributed by atoms with Crippen LogP contribution in [0.2, 0.25) is 0 Å². The van der Waals surface area contributed by atoms with Crippen LogP contribution in [-0.2, 0) is 16.1 Å². The molecule has 26 heavy (non-hydrogen) atoms. The summed E-state index contributed by atoms with van der Waals surface area (Å²) in [4.78, 5) is 29.3. The standard InChI is InChI=1S/C21H28N2O3/c1-16-22-19-13-8-7-12-18(19)21(25)23(16)15-9-14-20(24)26-17-10-5-3-2-4-6-11-17/h7-8,12-13,17H,2-6,9-11,14-15H2,1H3. The lowest BCUT2D eigenvalue weighted by atomic mass is 9.98. The molecule has 5 nitrogen and oxygen atoms in total. The Hall–Kier alpha value is -2.17. The molecule has 1 fully saturated rings. The van der Waals surface area contributed by atoms with Crippen LogP contribution < -0.4 is 5.56 Å². The monoisotopic (exact) mass is 356 g/mol. The summed E-state index contributed by atoms with van der Waals surface area (Å²) in [7, 11) is 0. The Morgan fingerprint density at radius 3 is 2.62 bits per heavy atom. The second-order valence-corrected chi connectivity index (χ2v) is 7.19. The number of ether oxygens (including phenoxy) is 1. The minimum Gasteiger partial charge on any atom is -0.462 e. The van der Waals surface area contributed by atoms with Crippen LogP contribution in [0.1, 0.15) is 63.6 Å². The number of rotatable bonds is 5. The van der Waals surface area contributed by atoms with Crippen LogP contribution in [0.15, 0.2) is 29.1 Å². The summed E-state index contributed by atoms with van der Waals surface area (Å²) in [5.41, 5.74) is 0.677. The zero-order chi connectivity index (χ0) is 18.4. The minimum atomic E-state index is -0.143. The van der Waals surface area contributed by atoms with Crippen molar-refractivity contribution in [2.24, 2.45) is 0 Å². The Balaban J connectivity index is 1.55. The number of carbonyl (C=O) groups excluding carboxylic acids is 1. The third-order valence-corrected chi connectivity index (χ3v) is 5.17. The molecular formula is C21H28N2O3. The first kappa shape index (κ1) is 18.6. The normalized spacial score (nSPS) is 16.2. The van der Waals surface area contributed by atoms with Crippen LogP contribution in [0.4, 0.5) is 0 Å². The lowest BCUT2D eigenvalue weighted by molar-refractivity contribution is -0.150. The van der Waals surface area contributed by atoms with Crippen LogP contribution in [-0.4, -0.2) is 21.6 Å². The maximum atomic E-state index is 12.6. The van der Waals surface area contributed by atoms with E-state index in [1.54, 1.807) is 10.6 Å². The average Bonchev–Trinajstić information content (AvgIpc) is 2.60. The highest BCUT2D eigenvalue weighted by Crippen LogP contribution is 2.20. The summed E-state index contributed by atoms with van der Waals surface area (Å²) in [5.74, 6) is 0.539. The van der Waals surface area contributed by atoms with E-state index < -0.39 is 0 Å². The van der Waals surface area contributed by atoms with Gasteiger partial charge in [0, 0.05) is 13.0 Å². The van der Waals surface area contributed by atoms with E-state index in [-0.39, 0.29) is 17.6 Å². The first-order chi connectivity index (χ1) is 12.6. The van der Waals surface area contributed by atoms with Crippen molar-refractivity contribution in [3.05, 3.63) is 40.4 Å². The molecule has 0 amide bonds. The lowest BCUT2D eigenvalue weighted by Gasteiger charge is -2.20. The van der Waals surface area contributed by atoms with E-state index in [1.807, 2.05) is 25.1 Å². The van der Waals surface area contributed by atoms with E-state index >= 15 is 0 Å². The molecule has 140 valence electrons. The Labute approximate surface area is 154 Å². The molecule has 1 saturated carbocycles. The predicted molar refractivity (Wildman–Crippen MR) is 102 cm³/mol. The number of benzene rings is 1. The van der Waals surface area contributed by atoms with E-state index in [1.165, 1.54) is 19.3 Å². The second kappa shape index (κ2) is 8.97. The molecule has 0 aliphatic heterocycles. The van der Waals surface area contributed by atoms with Gasteiger partial charge in [-0.1, -0.05) is 31.4 Å². The molecule has 0 N–H and O–H groups in total. The Bertz CT molecular complexity index is 804. The van der Waals surface area contributed by atoms with Gasteiger partial charge in [-0.2, -0.15) is 0 Å². The Morgan fingerprint density at radius 2 is 1.85 bits per heavy atom. The second-order valence-electron chi connectivity index (χ2n) is 7.19. The first-order valence-electron chi connectivity index (χ1n) is 9.81. The summed E-state index contributed by atoms with van der Waals surface area (Å²) in [6.45, 7) is 2.32. The van der Waals surface area contributed by atoms with Gasteiger partial charge in [-0.15, -0.1) is 0 Å². The predicted octanol–water partition coefficient (Wildman–Crippen LogP) is 4.14. The summed E-state index contributed by atoms with van der Waals surface area (Å²) in [6.07, 6.45) is 9.06. The quantitative estimate of drug-likeness (QED) is 0.755. The van der Waals surface area contributed by atoms with Gasteiger partial charge in [0.1, 0.15) is 11.9 Å². The molecule has 5 heteroatoms. The number of hydrogen-bond acceptors (Lipinski definition) is 4. The van der Waals surface area contributed by atoms with Crippen LogP contribution >= 0.6 is 0 Å². The minimum absolute atomic E-state index is 0.0403. The average molecular weight is 356 g/mol. The molecular weight excluding hydrogens is 328 g/mol. The lowest BCUT2D eigenvalue weighted by Crippen LogP contribution is -2.25. The number of aromatic nitrogens is 2. The molecule has 2 aromatic rings. The molecule has 3 rings (SSSR count). The number of aryl methyl sites for hydroxylation is 1. The zero-order valence-corrected chi connectivity index (χ0v) is 15.6. The van der Waals surface area contributed by atoms with Gasteiger partial charge >= 0.3 is 5.97 Å². The van der Waals surface area contributed by atoms with Crippen molar-refractivity contribution in [1.82, 2.24) is 9.55 Å². The summed E-state index contributed by atoms with van der Waals surface area (Å²) in [5, 5.41) is 0.621. The number of esters is 1. The van der Waals surface area contributed by atoms with Gasteiger partial charge in [-0.3, -0.25) is 14.2 Å². The fourth-order valence-electron chi connectivity index (χ4n) is 3.71. The van der Waals surface area contributed by atoms with Crippen molar-refractivity contribution >= 4 is 16.9 Å². The number of para-hydroxylation sites is 1. The highest BCUT2D eigenvalue weighted by Gasteiger charge is 2.16. The van der Waals surface area contributed by atoms with Crippen molar-refractivity contribution < 1.29 is 9.53 Å². The van der Waals surface area contributed by atoms with Crippen molar-refractivity contribution in [1.29, 1.82) is 0 Å². The Kier molecular flexibility index (Phi) is 6.42. The van der Waals surface area contributed by atoms with Crippen LogP contribution in [0.3, 0.4) is 0 Å². The fraction of sp³-hybridized carbons (Fsp3) is 0.571. The van der Waals surface area contributed by atoms with Gasteiger partial charge in [-0.25, -0.2) is 4.98 Å². The van der Waals surface area contributed by atoms with Crippen LogP contribution in [0.5, 0.6) is 0 Å². The third-order valence-electron chi connectivity index (χ3n) is 5.17. The molecule has 1 aliphatic rings. The molecule has 0 atom stereocenters. The van der Waals surface area contributed by atoms with Crippen LogP contribution in [0.25, 0.3) is 10.9 Å². The van der Waals surface area contributed by atoms with E-state index in [4.69, 9.17) is 4.74 Å². The molecule has 0 saturated heterocycles. The molecule has 0 bridgehead atoms. The fourth-order valence-corrected chi connectivity index (χ4v) is 3.71. The van der Waals surface area contributed by atoms with Gasteiger partial charge in [0.05, 0.1) is 10.9 Å². The molecule has 1 aromatic carbocycles. The van der Waals surface area contributed by atoms with Crippen molar-refractivity contribution in [3.63, 3.8) is 0 Å². The van der Waals surface area contributed by atoms with Gasteiger partial charge in [0.15, 0.2) is 0 Å². The van der Waals surface area contributed by atoms with Gasteiger partial charge in [-0.05, 0) is 51.2 Å². The van der Waals surface area contributed by atoms with Gasteiger partial charge in [0.2, 0.25) is 0 Å². The Morgan fingerprint density at radius 1 is 1.15 bits per heavy atom. The molecule has 1 aliphatic carbocycles. The van der Waals surface area contributed by atoms with Crippen molar-refractivity contribution in [2.45, 2.75) is 77.4 Å². The molecule has 0 unspecified atom stereocenters. The largest absolute Gasteiger partial charge is 0.462 e. The summed E-state index contributed by atoms with van der Waals surface area (Å²) in [6, 6.07) is 7.37. The maximum absolute atomic E-state index is 12.6. The molecule has 0 radical (unpaired) electrons. The molecule has 1 heterocycles. The van der Waals surface area contributed by atoms with Gasteiger partial charge < -0.3 is 4.74 Å². The smallest absolute Gasteiger partial charge is 0.306 e. The first-order valence-corrected chi connectivity index (χ1v) is 9.81. The topological polar surface area (TPSA) is 61.2 Å². The van der Waals surface area contributed by atoms with E-state index in [9.17, 15) is 9.59 Å². The number of fused-ring (bicyclic) bond motifs is 1. The van der Waals surface area contributed by atoms with E-state index in [0.717, 1.165) is 31.2 Å². The van der Waals surface area contributed by atoms with Gasteiger partial charge in [0.25, 0.3) is 5.56 Å². The van der Waals surface area contributed by atoms with E-state index in [2.05, 4.69) is 4.98 Å². The number of hydrogen-bond donors (Lipinski definition) is 0. The summed E-state index contributed by atoms with van der Waals surface area (Å²) >= 11 is 0. The maximum Gasteiger partial charge on any atom is 0.306 e. The number of carbonyl (C=O) groups is 1. The highest BCUT2D eigenvalue weighted by atomic mass is 16.5. The molecule has 0 spiro atoms. The van der Waals surface area contributed by atoms with Crippen molar-refractivity contribution in [2.75, 3.05) is 0 Å². The SMILES string of the molecule is Cc1nc2ccccc2c(=O)n1CCCC(=O)OC1CCCCCCC1. The zero-order valence-electron chi connectivity index (χ0n) is 15.6. The molecule has 1 aromatic heterocycles. The summed E-state index contributed by atoms with van der Waals surface area (Å²) < 4.78 is 7.31. The highest BCUT2D eigenvalue weighted by molar-refractivity contribution is 5.77. The van der Waals surface area contributed by atoms with E-state index in [0.29, 0.717) is 30.6 Å². The van der Waals surface area contributed by atoms with Crippen molar-refractivity contribution in [3.8, 4) is 0 Å². The van der Waals surface area contributed by atoms with Crippen LogP contribution in [0, 0.1) is 6.92 Å². The number of nitrogens with zero attached hydrogens (tertiary/aromatic N) is 2. The third kappa shape index (κ3) is 4.71.